The van der Waals surface area contributed by atoms with Crippen LogP contribution in [-0.4, -0.2) is 12.4 Å². The van der Waals surface area contributed by atoms with E-state index in [1.54, 1.807) is 0 Å². The van der Waals surface area contributed by atoms with Gasteiger partial charge in [-0.2, -0.15) is 26.3 Å². The molecule has 14 heavy (non-hydrogen) atoms. The lowest BCUT2D eigenvalue weighted by Crippen LogP contribution is -2.23. The lowest BCUT2D eigenvalue weighted by Gasteiger charge is -2.18. The van der Waals surface area contributed by atoms with Crippen molar-refractivity contribution in [2.45, 2.75) is 38.5 Å². The number of alkyl halides is 6. The van der Waals surface area contributed by atoms with Crippen molar-refractivity contribution in [3.05, 3.63) is 6.42 Å². The molecule has 6 heteroatoms. The Hall–Kier alpha value is -0.420. The Morgan fingerprint density at radius 1 is 1.07 bits per heavy atom. The number of rotatable bonds is 4. The summed E-state index contributed by atoms with van der Waals surface area (Å²) in [5, 5.41) is 0. The molecule has 0 nitrogen and oxygen atoms in total. The molecule has 1 atom stereocenters. The van der Waals surface area contributed by atoms with Gasteiger partial charge in [0, 0.05) is 6.42 Å². The van der Waals surface area contributed by atoms with Crippen LogP contribution in [0.1, 0.15) is 26.2 Å². The van der Waals surface area contributed by atoms with E-state index >= 15 is 0 Å². The predicted molar refractivity (Wildman–Crippen MR) is 39.4 cm³/mol. The Morgan fingerprint density at radius 3 is 1.86 bits per heavy atom. The van der Waals surface area contributed by atoms with Crippen LogP contribution in [0.4, 0.5) is 26.3 Å². The third-order valence-corrected chi connectivity index (χ3v) is 1.78. The molecule has 0 amide bonds. The van der Waals surface area contributed by atoms with E-state index in [4.69, 9.17) is 0 Å². The Labute approximate surface area is 78.3 Å². The molecule has 0 rings (SSSR count). The highest BCUT2D eigenvalue weighted by Gasteiger charge is 2.38. The number of halogens is 6. The summed E-state index contributed by atoms with van der Waals surface area (Å²) >= 11 is 0. The maximum absolute atomic E-state index is 12.0. The highest BCUT2D eigenvalue weighted by molar-refractivity contribution is 4.77. The maximum Gasteiger partial charge on any atom is 0.391 e. The molecule has 0 saturated carbocycles. The number of hydrogen-bond acceptors (Lipinski definition) is 0. The van der Waals surface area contributed by atoms with E-state index in [0.29, 0.717) is 6.42 Å². The Balaban J connectivity index is 3.87. The highest BCUT2D eigenvalue weighted by Crippen LogP contribution is 2.33. The van der Waals surface area contributed by atoms with Gasteiger partial charge < -0.3 is 0 Å². The quantitative estimate of drug-likeness (QED) is 0.626. The minimum Gasteiger partial charge on any atom is -0.171 e. The van der Waals surface area contributed by atoms with Crippen molar-refractivity contribution in [3.8, 4) is 0 Å². The molecule has 0 bridgehead atoms. The van der Waals surface area contributed by atoms with Gasteiger partial charge in [0.25, 0.3) is 0 Å². The summed E-state index contributed by atoms with van der Waals surface area (Å²) < 4.78 is 70.9. The van der Waals surface area contributed by atoms with Crippen LogP contribution >= 0.6 is 0 Å². The molecular formula is C8H11F6. The minimum atomic E-state index is -4.41. The van der Waals surface area contributed by atoms with Gasteiger partial charge in [0.05, 0.1) is 5.92 Å². The van der Waals surface area contributed by atoms with E-state index in [-0.39, 0.29) is 6.42 Å². The SMILES string of the molecule is CCC(C[CH]CC(F)(F)F)C(F)(F)F. The first-order chi connectivity index (χ1) is 6.17. The van der Waals surface area contributed by atoms with Crippen molar-refractivity contribution in [1.82, 2.24) is 0 Å². The van der Waals surface area contributed by atoms with Gasteiger partial charge in [0.15, 0.2) is 0 Å². The van der Waals surface area contributed by atoms with Crippen LogP contribution in [0, 0.1) is 12.3 Å². The molecule has 0 saturated heterocycles. The molecule has 0 aromatic heterocycles. The summed E-state index contributed by atoms with van der Waals surface area (Å²) in [5.41, 5.74) is 0. The zero-order valence-electron chi connectivity index (χ0n) is 7.54. The van der Waals surface area contributed by atoms with Crippen LogP contribution in [0.5, 0.6) is 0 Å². The zero-order valence-corrected chi connectivity index (χ0v) is 7.54. The molecule has 0 aromatic rings. The molecule has 1 radical (unpaired) electrons. The summed E-state index contributed by atoms with van der Waals surface area (Å²) in [5.74, 6) is -1.66. The lowest BCUT2D eigenvalue weighted by atomic mass is 9.99. The van der Waals surface area contributed by atoms with Gasteiger partial charge >= 0.3 is 12.4 Å². The summed E-state index contributed by atoms with van der Waals surface area (Å²) in [6.45, 7) is 1.31. The van der Waals surface area contributed by atoms with Crippen LogP contribution in [0.25, 0.3) is 0 Å². The fourth-order valence-electron chi connectivity index (χ4n) is 0.980. The van der Waals surface area contributed by atoms with Crippen molar-refractivity contribution >= 4 is 0 Å². The van der Waals surface area contributed by atoms with Crippen molar-refractivity contribution < 1.29 is 26.3 Å². The fourth-order valence-corrected chi connectivity index (χ4v) is 0.980. The van der Waals surface area contributed by atoms with E-state index in [1.807, 2.05) is 0 Å². The molecule has 0 aliphatic rings. The summed E-state index contributed by atoms with van der Waals surface area (Å²) in [6.07, 6.45) is -10.2. The van der Waals surface area contributed by atoms with Gasteiger partial charge in [-0.05, 0) is 19.3 Å². The van der Waals surface area contributed by atoms with E-state index in [9.17, 15) is 26.3 Å². The Bertz CT molecular complexity index is 156. The molecule has 1 unspecified atom stereocenters. The van der Waals surface area contributed by atoms with Crippen LogP contribution in [0.3, 0.4) is 0 Å². The molecule has 0 heterocycles. The van der Waals surface area contributed by atoms with Gasteiger partial charge in [-0.15, -0.1) is 0 Å². The zero-order chi connectivity index (χ0) is 11.4. The Kier molecular flexibility index (Phi) is 4.74. The normalized spacial score (nSPS) is 15.6. The first kappa shape index (κ1) is 13.6. The smallest absolute Gasteiger partial charge is 0.171 e. The van der Waals surface area contributed by atoms with Gasteiger partial charge in [0.1, 0.15) is 0 Å². The van der Waals surface area contributed by atoms with Gasteiger partial charge in [-0.1, -0.05) is 6.92 Å². The second-order valence-corrected chi connectivity index (χ2v) is 2.99. The van der Waals surface area contributed by atoms with Crippen molar-refractivity contribution in [2.75, 3.05) is 0 Å². The van der Waals surface area contributed by atoms with Gasteiger partial charge in [-0.25, -0.2) is 0 Å². The largest absolute Gasteiger partial charge is 0.391 e. The van der Waals surface area contributed by atoms with Crippen LogP contribution in [0.15, 0.2) is 0 Å². The van der Waals surface area contributed by atoms with Crippen molar-refractivity contribution in [3.63, 3.8) is 0 Å². The fraction of sp³-hybridized carbons (Fsp3) is 0.875. The third-order valence-electron chi connectivity index (χ3n) is 1.78. The average Bonchev–Trinajstić information content (AvgIpc) is 1.93. The monoisotopic (exact) mass is 221 g/mol. The van der Waals surface area contributed by atoms with Crippen molar-refractivity contribution in [2.24, 2.45) is 5.92 Å². The van der Waals surface area contributed by atoms with E-state index in [2.05, 4.69) is 0 Å². The van der Waals surface area contributed by atoms with Crippen LogP contribution in [-0.2, 0) is 0 Å². The molecule has 0 spiro atoms. The second kappa shape index (κ2) is 4.89. The summed E-state index contributed by atoms with van der Waals surface area (Å²) in [6, 6.07) is 0. The van der Waals surface area contributed by atoms with E-state index in [1.165, 1.54) is 6.92 Å². The maximum atomic E-state index is 12.0. The molecule has 0 fully saturated rings. The van der Waals surface area contributed by atoms with E-state index in [0.717, 1.165) is 0 Å². The Morgan fingerprint density at radius 2 is 1.57 bits per heavy atom. The topological polar surface area (TPSA) is 0 Å². The summed E-state index contributed by atoms with van der Waals surface area (Å²) in [7, 11) is 0. The average molecular weight is 221 g/mol. The standard InChI is InChI=1S/C8H11F6/c1-2-6(8(12,13)14)4-3-5-7(9,10)11/h3,6H,2,4-5H2,1H3. The number of hydrogen-bond donors (Lipinski definition) is 0. The third kappa shape index (κ3) is 6.10. The first-order valence-corrected chi connectivity index (χ1v) is 4.12. The molecule has 0 aliphatic heterocycles. The molecular weight excluding hydrogens is 210 g/mol. The second-order valence-electron chi connectivity index (χ2n) is 2.99. The minimum absolute atomic E-state index is 0.197. The van der Waals surface area contributed by atoms with Gasteiger partial charge in [0.2, 0.25) is 0 Å². The lowest BCUT2D eigenvalue weighted by molar-refractivity contribution is -0.177. The van der Waals surface area contributed by atoms with Gasteiger partial charge in [-0.3, -0.25) is 0 Å². The van der Waals surface area contributed by atoms with Crippen molar-refractivity contribution in [1.29, 1.82) is 0 Å². The molecule has 0 aromatic carbocycles. The summed E-state index contributed by atoms with van der Waals surface area (Å²) in [4.78, 5) is 0. The van der Waals surface area contributed by atoms with Crippen LogP contribution in [0.2, 0.25) is 0 Å². The first-order valence-electron chi connectivity index (χ1n) is 4.12. The predicted octanol–water partition coefficient (Wildman–Crippen LogP) is 4.12. The highest BCUT2D eigenvalue weighted by atomic mass is 19.4. The van der Waals surface area contributed by atoms with E-state index < -0.39 is 31.1 Å². The molecule has 0 N–H and O–H groups in total. The molecule has 85 valence electrons. The molecule has 0 aliphatic carbocycles. The van der Waals surface area contributed by atoms with Crippen LogP contribution < -0.4 is 0 Å².